The molecule has 0 aromatic rings. The van der Waals surface area contributed by atoms with Gasteiger partial charge in [-0.25, -0.2) is 5.48 Å². The molecule has 0 aromatic heterocycles. The van der Waals surface area contributed by atoms with Crippen LogP contribution in [0, 0.1) is 0 Å². The van der Waals surface area contributed by atoms with Crippen LogP contribution in [0.25, 0.3) is 0 Å². The van der Waals surface area contributed by atoms with Gasteiger partial charge in [-0.1, -0.05) is 0 Å². The maximum Gasteiger partial charge on any atom is 0.303 e. The highest BCUT2D eigenvalue weighted by Gasteiger charge is 2.26. The molecular weight excluding hydrogens is 204 g/mol. The summed E-state index contributed by atoms with van der Waals surface area (Å²) in [5, 5.41) is 10.8. The molecule has 0 unspecified atom stereocenters. The molecule has 1 atom stereocenters. The van der Waals surface area contributed by atoms with Crippen LogP contribution in [0.4, 0.5) is 0 Å². The van der Waals surface area contributed by atoms with Gasteiger partial charge in [-0.3, -0.25) is 19.2 Å². The predicted molar refractivity (Wildman–Crippen MR) is 47.5 cm³/mol. The lowest BCUT2D eigenvalue weighted by Crippen LogP contribution is -2.41. The number of hydroxylamine groups is 1. The van der Waals surface area contributed by atoms with Crippen molar-refractivity contribution in [3.05, 3.63) is 0 Å². The summed E-state index contributed by atoms with van der Waals surface area (Å²) in [7, 11) is 0. The van der Waals surface area contributed by atoms with Gasteiger partial charge in [-0.15, -0.1) is 0 Å². The molecule has 0 bridgehead atoms. The van der Waals surface area contributed by atoms with Gasteiger partial charge in [0.25, 0.3) is 5.91 Å². The van der Waals surface area contributed by atoms with E-state index in [2.05, 4.69) is 15.6 Å². The molecule has 2 amide bonds. The monoisotopic (exact) mass is 216 g/mol. The van der Waals surface area contributed by atoms with E-state index in [9.17, 15) is 14.4 Å². The lowest BCUT2D eigenvalue weighted by atomic mass is 10.2. The molecule has 3 N–H and O–H groups in total. The van der Waals surface area contributed by atoms with Gasteiger partial charge in [-0.05, 0) is 6.42 Å². The Bertz CT molecular complexity index is 278. The van der Waals surface area contributed by atoms with Gasteiger partial charge in [-0.2, -0.15) is 0 Å². The van der Waals surface area contributed by atoms with Crippen LogP contribution >= 0.6 is 0 Å². The lowest BCUT2D eigenvalue weighted by Gasteiger charge is -2.07. The second-order valence-corrected chi connectivity index (χ2v) is 3.14. The third kappa shape index (κ3) is 3.94. The second-order valence-electron chi connectivity index (χ2n) is 3.14. The fraction of sp³-hybridized carbons (Fsp3) is 0.625. The van der Waals surface area contributed by atoms with Gasteiger partial charge < -0.3 is 10.4 Å². The number of hydrogen-bond acceptors (Lipinski definition) is 4. The fourth-order valence-electron chi connectivity index (χ4n) is 1.12. The first-order chi connectivity index (χ1) is 7.09. The van der Waals surface area contributed by atoms with Crippen molar-refractivity contribution in [1.29, 1.82) is 0 Å². The summed E-state index contributed by atoms with van der Waals surface area (Å²) in [5.41, 5.74) is 2.10. The molecule has 1 rings (SSSR count). The Balaban J connectivity index is 2.18. The predicted octanol–water partition coefficient (Wildman–Crippen LogP) is -1.21. The van der Waals surface area contributed by atoms with Crippen LogP contribution in [0.2, 0.25) is 0 Å². The first-order valence-electron chi connectivity index (χ1n) is 4.52. The molecule has 0 spiro atoms. The minimum Gasteiger partial charge on any atom is -0.481 e. The van der Waals surface area contributed by atoms with Gasteiger partial charge in [0.2, 0.25) is 5.91 Å². The van der Waals surface area contributed by atoms with Crippen LogP contribution in [0.1, 0.15) is 19.3 Å². The molecule has 1 aliphatic rings. The van der Waals surface area contributed by atoms with E-state index in [4.69, 9.17) is 5.11 Å². The van der Waals surface area contributed by atoms with Crippen molar-refractivity contribution in [1.82, 2.24) is 10.8 Å². The number of nitrogens with one attached hydrogen (secondary N) is 2. The van der Waals surface area contributed by atoms with Crippen LogP contribution in [-0.2, 0) is 19.2 Å². The van der Waals surface area contributed by atoms with Crippen LogP contribution in [0.3, 0.4) is 0 Å². The van der Waals surface area contributed by atoms with Crippen molar-refractivity contribution in [3.63, 3.8) is 0 Å². The summed E-state index contributed by atoms with van der Waals surface area (Å²) in [5.74, 6) is -1.67. The SMILES string of the molecule is O=C(O)CCCC(=O)N[C@@H]1CONC1=O. The number of carbonyl (C=O) groups is 3. The normalized spacial score (nSPS) is 19.7. The van der Waals surface area contributed by atoms with Crippen LogP contribution in [-0.4, -0.2) is 35.5 Å². The highest BCUT2D eigenvalue weighted by Crippen LogP contribution is 1.98. The standard InChI is InChI=1S/C8H12N2O5/c11-6(2-1-3-7(12)13)9-5-4-15-10-8(5)14/h5H,1-4H2,(H,9,11)(H,10,14)(H,12,13)/t5-/m1/s1. The minimum atomic E-state index is -0.940. The number of carbonyl (C=O) groups excluding carboxylic acids is 2. The highest BCUT2D eigenvalue weighted by atomic mass is 16.7. The Labute approximate surface area is 85.7 Å². The molecule has 0 aliphatic carbocycles. The summed E-state index contributed by atoms with van der Waals surface area (Å²) >= 11 is 0. The quantitative estimate of drug-likeness (QED) is 0.534. The average Bonchev–Trinajstić information content (AvgIpc) is 2.51. The van der Waals surface area contributed by atoms with E-state index in [1.54, 1.807) is 0 Å². The summed E-state index contributed by atoms with van der Waals surface area (Å²) in [4.78, 5) is 36.9. The molecule has 7 nitrogen and oxygen atoms in total. The molecule has 0 saturated carbocycles. The molecule has 1 fully saturated rings. The molecule has 84 valence electrons. The third-order valence-electron chi connectivity index (χ3n) is 1.87. The van der Waals surface area contributed by atoms with E-state index in [1.165, 1.54) is 0 Å². The molecule has 1 aliphatic heterocycles. The zero-order valence-corrected chi connectivity index (χ0v) is 7.99. The highest BCUT2D eigenvalue weighted by molar-refractivity contribution is 5.88. The number of amides is 2. The third-order valence-corrected chi connectivity index (χ3v) is 1.87. The van der Waals surface area contributed by atoms with Crippen molar-refractivity contribution in [2.75, 3.05) is 6.61 Å². The number of carboxylic acids is 1. The molecular formula is C8H12N2O5. The molecule has 0 aromatic carbocycles. The van der Waals surface area contributed by atoms with E-state index >= 15 is 0 Å². The maximum atomic E-state index is 11.2. The Kier molecular flexibility index (Phi) is 4.04. The second kappa shape index (κ2) is 5.30. The summed E-state index contributed by atoms with van der Waals surface area (Å²) in [6.07, 6.45) is 0.299. The molecule has 15 heavy (non-hydrogen) atoms. The maximum absolute atomic E-state index is 11.2. The van der Waals surface area contributed by atoms with Gasteiger partial charge in [0.1, 0.15) is 12.6 Å². The van der Waals surface area contributed by atoms with Crippen LogP contribution < -0.4 is 10.8 Å². The zero-order valence-electron chi connectivity index (χ0n) is 7.99. The van der Waals surface area contributed by atoms with Gasteiger partial charge in [0.05, 0.1) is 0 Å². The van der Waals surface area contributed by atoms with E-state index in [1.807, 2.05) is 0 Å². The van der Waals surface area contributed by atoms with Crippen LogP contribution in [0.5, 0.6) is 0 Å². The van der Waals surface area contributed by atoms with Crippen molar-refractivity contribution in [3.8, 4) is 0 Å². The number of aliphatic carboxylic acids is 1. The van der Waals surface area contributed by atoms with E-state index in [0.29, 0.717) is 0 Å². The Morgan fingerprint density at radius 3 is 2.80 bits per heavy atom. The van der Waals surface area contributed by atoms with Gasteiger partial charge >= 0.3 is 5.97 Å². The zero-order chi connectivity index (χ0) is 11.3. The van der Waals surface area contributed by atoms with E-state index < -0.39 is 12.0 Å². The van der Waals surface area contributed by atoms with Crippen molar-refractivity contribution < 1.29 is 24.3 Å². The summed E-state index contributed by atoms with van der Waals surface area (Å²) in [6, 6.07) is -0.665. The smallest absolute Gasteiger partial charge is 0.303 e. The summed E-state index contributed by atoms with van der Waals surface area (Å²) < 4.78 is 0. The van der Waals surface area contributed by atoms with E-state index in [-0.39, 0.29) is 37.7 Å². The lowest BCUT2D eigenvalue weighted by molar-refractivity contribution is -0.137. The largest absolute Gasteiger partial charge is 0.481 e. The molecule has 1 saturated heterocycles. The molecule has 0 radical (unpaired) electrons. The minimum absolute atomic E-state index is 0.0548. The Hall–Kier alpha value is -1.63. The first kappa shape index (κ1) is 11.4. The fourth-order valence-corrected chi connectivity index (χ4v) is 1.12. The topological polar surface area (TPSA) is 105 Å². The number of carboxylic acid groups (broad SMARTS) is 1. The summed E-state index contributed by atoms with van der Waals surface area (Å²) in [6.45, 7) is 0.101. The molecule has 1 heterocycles. The van der Waals surface area contributed by atoms with Gasteiger partial charge in [0, 0.05) is 12.8 Å². The number of rotatable bonds is 5. The number of hydrogen-bond donors (Lipinski definition) is 3. The van der Waals surface area contributed by atoms with Crippen molar-refractivity contribution >= 4 is 17.8 Å². The Morgan fingerprint density at radius 1 is 1.53 bits per heavy atom. The molecule has 7 heteroatoms. The van der Waals surface area contributed by atoms with Crippen molar-refractivity contribution in [2.45, 2.75) is 25.3 Å². The Morgan fingerprint density at radius 2 is 2.27 bits per heavy atom. The average molecular weight is 216 g/mol. The van der Waals surface area contributed by atoms with Gasteiger partial charge in [0.15, 0.2) is 0 Å². The first-order valence-corrected chi connectivity index (χ1v) is 4.52. The van der Waals surface area contributed by atoms with Crippen LogP contribution in [0.15, 0.2) is 0 Å². The van der Waals surface area contributed by atoms with Crippen molar-refractivity contribution in [2.24, 2.45) is 0 Å². The van der Waals surface area contributed by atoms with E-state index in [0.717, 1.165) is 0 Å².